The summed E-state index contributed by atoms with van der Waals surface area (Å²) in [5.41, 5.74) is 3.63. The summed E-state index contributed by atoms with van der Waals surface area (Å²) in [5.74, 6) is 9.05. The van der Waals surface area contributed by atoms with Gasteiger partial charge in [-0.2, -0.15) is 9.36 Å². The molecule has 0 saturated heterocycles. The average Bonchev–Trinajstić information content (AvgIpc) is 4.28. The summed E-state index contributed by atoms with van der Waals surface area (Å²) in [5, 5.41) is 27.3. The Labute approximate surface area is 494 Å². The van der Waals surface area contributed by atoms with Crippen LogP contribution in [0.25, 0.3) is 0 Å². The molecule has 0 aliphatic heterocycles. The van der Waals surface area contributed by atoms with E-state index in [0.29, 0.717) is 71.0 Å². The van der Waals surface area contributed by atoms with Crippen LogP contribution < -0.4 is 0 Å². The molecule has 10 rings (SSSR count). The molecule has 0 spiro atoms. The number of hydrogen-bond donors (Lipinski definition) is 0. The fourth-order valence-corrected chi connectivity index (χ4v) is 7.79. The van der Waals surface area contributed by atoms with E-state index < -0.39 is 0 Å². The van der Waals surface area contributed by atoms with Crippen LogP contribution in [-0.4, -0.2) is 69.4 Å². The molecule has 10 heterocycles. The highest BCUT2D eigenvalue weighted by Crippen LogP contribution is 2.19. The second kappa shape index (κ2) is 42.8. The maximum atomic E-state index is 4.98. The molecular formula is C56H86N14O5S5. The Morgan fingerprint density at radius 1 is 0.388 bits per heavy atom. The molecule has 0 bridgehead atoms. The molecule has 0 saturated carbocycles. The van der Waals surface area contributed by atoms with Gasteiger partial charge in [0.15, 0.2) is 18.6 Å². The monoisotopic (exact) mass is 1190 g/mol. The largest absolute Gasteiger partial charge is 0.449 e. The van der Waals surface area contributed by atoms with E-state index in [1.54, 1.807) is 82.2 Å². The second-order valence-electron chi connectivity index (χ2n) is 20.0. The van der Waals surface area contributed by atoms with Crippen LogP contribution in [0.4, 0.5) is 0 Å². The van der Waals surface area contributed by atoms with E-state index in [2.05, 4.69) is 172 Å². The lowest BCUT2D eigenvalue weighted by molar-refractivity contribution is 0.364. The number of rotatable bonds is 10. The summed E-state index contributed by atoms with van der Waals surface area (Å²) in [7, 11) is 0. The third-order valence-corrected chi connectivity index (χ3v) is 14.6. The topological polar surface area (TPSA) is 246 Å². The van der Waals surface area contributed by atoms with Crippen molar-refractivity contribution < 1.29 is 22.3 Å². The Morgan fingerprint density at radius 2 is 1.06 bits per heavy atom. The van der Waals surface area contributed by atoms with Gasteiger partial charge in [-0.25, -0.2) is 24.3 Å². The van der Waals surface area contributed by atoms with Crippen LogP contribution in [0.2, 0.25) is 0 Å². The van der Waals surface area contributed by atoms with Crippen molar-refractivity contribution in [1.82, 2.24) is 69.4 Å². The molecule has 0 aliphatic carbocycles. The van der Waals surface area contributed by atoms with Crippen LogP contribution in [0.5, 0.6) is 0 Å². The zero-order valence-corrected chi connectivity index (χ0v) is 54.4. The average molecular weight is 1200 g/mol. The molecule has 80 heavy (non-hydrogen) atoms. The minimum absolute atomic E-state index is 0.345. The van der Waals surface area contributed by atoms with Crippen molar-refractivity contribution in [2.24, 2.45) is 0 Å². The van der Waals surface area contributed by atoms with Gasteiger partial charge in [-0.3, -0.25) is 4.98 Å². The van der Waals surface area contributed by atoms with Gasteiger partial charge in [0.25, 0.3) is 0 Å². The van der Waals surface area contributed by atoms with E-state index in [1.807, 2.05) is 77.1 Å². The van der Waals surface area contributed by atoms with Gasteiger partial charge in [-0.15, -0.1) is 54.4 Å². The molecule has 24 heteroatoms. The van der Waals surface area contributed by atoms with Crippen LogP contribution in [0, 0.1) is 0 Å². The molecule has 0 unspecified atom stereocenters. The summed E-state index contributed by atoms with van der Waals surface area (Å²) in [6, 6.07) is 3.94. The third-order valence-electron chi connectivity index (χ3n) is 9.47. The van der Waals surface area contributed by atoms with Crippen molar-refractivity contribution in [1.29, 1.82) is 0 Å². The normalized spacial score (nSPS) is 10.4. The number of aromatic nitrogens is 14. The van der Waals surface area contributed by atoms with Gasteiger partial charge in [0.05, 0.1) is 29.1 Å². The molecule has 0 amide bonds. The van der Waals surface area contributed by atoms with Crippen molar-refractivity contribution in [2.75, 3.05) is 0 Å². The standard InChI is InChI=1S/3C6H9NO.3C6H9NS.2C5H8N2O.2C5H8N2S/c1-5(2)6-3-7-4-8-6;1-5(2)6-7-3-4-8-6;1-5(2)6-3-4-7-8-6;1-5(2)6-3-7-4-8-6;1-5(2)6-7-3-4-8-6;1-5(2)6-3-4-7-8-6;1-4(2)5-7-6-3-8-5;1-4(2)5-6-3-7-8-5;1-4(2)5-7-6-3-8-5;1-4(2)5-6-3-7-8-5/h6*3-5H,1-2H3;4*3-4H,1-2H3. The SMILES string of the molecule is CC(C)c1ccno1.CC(C)c1ccns1.CC(C)c1cnco1.CC(C)c1cncs1.CC(C)c1ncco1.CC(C)c1nccs1.CC(C)c1ncno1.CC(C)c1ncns1.CC(C)c1nnco1.CC(C)c1nncs1. The Balaban J connectivity index is 0.000000444. The molecular weight excluding hydrogens is 1110 g/mol. The van der Waals surface area contributed by atoms with E-state index in [4.69, 9.17) is 22.3 Å². The van der Waals surface area contributed by atoms with E-state index in [1.165, 1.54) is 45.4 Å². The smallest absolute Gasteiger partial charge is 0.228 e. The minimum atomic E-state index is 0.345. The summed E-state index contributed by atoms with van der Waals surface area (Å²) >= 11 is 8.10. The van der Waals surface area contributed by atoms with E-state index >= 15 is 0 Å². The number of thiazole rings is 2. The predicted molar refractivity (Wildman–Crippen MR) is 325 cm³/mol. The second-order valence-corrected chi connectivity index (χ2v) is 24.4. The highest BCUT2D eigenvalue weighted by molar-refractivity contribution is 7.10. The van der Waals surface area contributed by atoms with Gasteiger partial charge >= 0.3 is 0 Å². The first-order valence-corrected chi connectivity index (χ1v) is 30.6. The Hall–Kier alpha value is -6.08. The summed E-state index contributed by atoms with van der Waals surface area (Å²) in [6.07, 6.45) is 18.1. The highest BCUT2D eigenvalue weighted by Gasteiger charge is 2.05. The predicted octanol–water partition coefficient (Wildman–Crippen LogP) is 17.9. The molecule has 0 atom stereocenters. The van der Waals surface area contributed by atoms with Gasteiger partial charge < -0.3 is 22.3 Å². The van der Waals surface area contributed by atoms with E-state index in [-0.39, 0.29) is 0 Å². The van der Waals surface area contributed by atoms with Crippen molar-refractivity contribution in [2.45, 2.75) is 198 Å². The van der Waals surface area contributed by atoms with Gasteiger partial charge in [0, 0.05) is 87.1 Å². The van der Waals surface area contributed by atoms with Crippen LogP contribution in [0.1, 0.15) is 252 Å². The van der Waals surface area contributed by atoms with Crippen molar-refractivity contribution in [3.05, 3.63) is 151 Å². The fraction of sp³-hybridized carbons (Fsp3) is 0.536. The first-order valence-electron chi connectivity index (χ1n) is 26.5. The molecule has 10 aromatic rings. The lowest BCUT2D eigenvalue weighted by atomic mass is 10.2. The molecule has 0 N–H and O–H groups in total. The number of nitrogens with zero attached hydrogens (tertiary/aromatic N) is 14. The van der Waals surface area contributed by atoms with Crippen LogP contribution >= 0.6 is 57.1 Å². The van der Waals surface area contributed by atoms with E-state index in [0.717, 1.165) is 27.4 Å². The van der Waals surface area contributed by atoms with Crippen molar-refractivity contribution in [3.8, 4) is 0 Å². The molecule has 0 radical (unpaired) electrons. The van der Waals surface area contributed by atoms with Gasteiger partial charge in [0.2, 0.25) is 18.2 Å². The summed E-state index contributed by atoms with van der Waals surface area (Å²) in [4.78, 5) is 26.4. The Bertz CT molecular complexity index is 2090. The van der Waals surface area contributed by atoms with E-state index in [9.17, 15) is 0 Å². The first-order chi connectivity index (χ1) is 38.0. The Kier molecular flexibility index (Phi) is 38.4. The quantitative estimate of drug-likeness (QED) is 0.123. The van der Waals surface area contributed by atoms with Gasteiger partial charge in [-0.1, -0.05) is 149 Å². The summed E-state index contributed by atoms with van der Waals surface area (Å²) < 4.78 is 32.3. The lowest BCUT2D eigenvalue weighted by Gasteiger charge is -1.94. The molecule has 0 fully saturated rings. The molecule has 0 aliphatic rings. The van der Waals surface area contributed by atoms with Crippen molar-refractivity contribution >= 4 is 57.1 Å². The fourth-order valence-electron chi connectivity index (χ4n) is 4.85. The molecule has 0 aromatic carbocycles. The Morgan fingerprint density at radius 3 is 1.31 bits per heavy atom. The van der Waals surface area contributed by atoms with Crippen LogP contribution in [-0.2, 0) is 0 Å². The summed E-state index contributed by atoms with van der Waals surface area (Å²) in [6.45, 7) is 41.9. The maximum absolute atomic E-state index is 4.98. The minimum Gasteiger partial charge on any atom is -0.449 e. The molecule has 440 valence electrons. The van der Waals surface area contributed by atoms with Crippen molar-refractivity contribution in [3.63, 3.8) is 0 Å². The van der Waals surface area contributed by atoms with Crippen LogP contribution in [0.3, 0.4) is 0 Å². The molecule has 19 nitrogen and oxygen atoms in total. The maximum Gasteiger partial charge on any atom is 0.228 e. The van der Waals surface area contributed by atoms with Crippen LogP contribution in [0.15, 0.2) is 120 Å². The number of hydrogen-bond acceptors (Lipinski definition) is 24. The molecule has 10 aromatic heterocycles. The third kappa shape index (κ3) is 33.5. The highest BCUT2D eigenvalue weighted by atomic mass is 32.1. The lowest BCUT2D eigenvalue weighted by Crippen LogP contribution is -1.85. The van der Waals surface area contributed by atoms with Gasteiger partial charge in [-0.05, 0) is 41.0 Å². The zero-order chi connectivity index (χ0) is 59.8. The first kappa shape index (κ1) is 71.9. The zero-order valence-electron chi connectivity index (χ0n) is 50.4. The van der Waals surface area contributed by atoms with Gasteiger partial charge in [0.1, 0.15) is 39.6 Å². The number of oxazole rings is 2.